The molecule has 0 bridgehead atoms. The second-order valence-electron chi connectivity index (χ2n) is 12.6. The first-order valence-electron chi connectivity index (χ1n) is 13.9. The Bertz CT molecular complexity index is 935. The molecule has 0 aliphatic heterocycles. The molecule has 0 aromatic rings. The molecular formula is C29H43BrO7. The first-order chi connectivity index (χ1) is 17.3. The minimum absolute atomic E-state index is 0.0675. The van der Waals surface area contributed by atoms with Crippen LogP contribution in [0.4, 0.5) is 0 Å². The van der Waals surface area contributed by atoms with Gasteiger partial charge in [-0.05, 0) is 80.0 Å². The van der Waals surface area contributed by atoms with Crippen molar-refractivity contribution >= 4 is 39.6 Å². The van der Waals surface area contributed by atoms with E-state index in [1.54, 1.807) is 0 Å². The van der Waals surface area contributed by atoms with Crippen molar-refractivity contribution in [3.8, 4) is 0 Å². The van der Waals surface area contributed by atoms with Gasteiger partial charge in [0, 0.05) is 31.6 Å². The van der Waals surface area contributed by atoms with E-state index in [1.165, 1.54) is 21.0 Å². The molecule has 0 unspecified atom stereocenters. The maximum atomic E-state index is 14.1. The minimum Gasteiger partial charge on any atom is -0.469 e. The topological polar surface area (TPSA) is 96.0 Å². The number of methoxy groups -OCH3 is 1. The molecule has 208 valence electrons. The van der Waals surface area contributed by atoms with Crippen LogP contribution in [0.25, 0.3) is 0 Å². The zero-order valence-corrected chi connectivity index (χ0v) is 24.7. The van der Waals surface area contributed by atoms with Gasteiger partial charge in [-0.1, -0.05) is 36.7 Å². The number of hydrogen-bond acceptors (Lipinski definition) is 7. The highest BCUT2D eigenvalue weighted by Gasteiger charge is 2.68. The number of fused-ring (bicyclic) bond motifs is 5. The molecule has 0 amide bonds. The van der Waals surface area contributed by atoms with Crippen molar-refractivity contribution in [3.63, 3.8) is 0 Å². The van der Waals surface area contributed by atoms with Crippen LogP contribution in [0.5, 0.6) is 0 Å². The van der Waals surface area contributed by atoms with E-state index in [0.29, 0.717) is 25.7 Å². The van der Waals surface area contributed by atoms with Crippen LogP contribution in [0, 0.1) is 46.3 Å². The zero-order chi connectivity index (χ0) is 27.3. The standard InChI is InChI=1S/C29H43BrO7/c1-15(7-10-24(33)35-6)19-8-9-20-25-21(14-23(29(19,20)5)37-17(3)32)28(4)12-11-18(36-16(2)31)13-22(28)26(30)27(25)34/h15,18-23,25-26H,7-14H2,1-6H3/t15-,18-,19-,20+,21+,22+,23+,25+,26-,28-,29-/m1/s1. The van der Waals surface area contributed by atoms with Gasteiger partial charge in [-0.15, -0.1) is 0 Å². The molecule has 4 aliphatic carbocycles. The lowest BCUT2D eigenvalue weighted by Crippen LogP contribution is -2.64. The van der Waals surface area contributed by atoms with Crippen molar-refractivity contribution in [1.82, 2.24) is 0 Å². The van der Waals surface area contributed by atoms with E-state index in [2.05, 4.69) is 36.7 Å². The summed E-state index contributed by atoms with van der Waals surface area (Å²) in [6.07, 6.45) is 5.54. The number of esters is 3. The summed E-state index contributed by atoms with van der Waals surface area (Å²) in [7, 11) is 1.41. The third-order valence-corrected chi connectivity index (χ3v) is 12.0. The largest absolute Gasteiger partial charge is 0.469 e. The van der Waals surface area contributed by atoms with Crippen LogP contribution in [0.15, 0.2) is 0 Å². The van der Waals surface area contributed by atoms with E-state index in [-0.39, 0.29) is 87.1 Å². The number of alkyl halides is 1. The van der Waals surface area contributed by atoms with Crippen molar-refractivity contribution in [2.75, 3.05) is 7.11 Å². The quantitative estimate of drug-likeness (QED) is 0.239. The molecule has 4 saturated carbocycles. The van der Waals surface area contributed by atoms with E-state index in [4.69, 9.17) is 14.2 Å². The minimum atomic E-state index is -0.330. The smallest absolute Gasteiger partial charge is 0.305 e. The molecule has 7 nitrogen and oxygen atoms in total. The third-order valence-electron chi connectivity index (χ3n) is 10.9. The molecular weight excluding hydrogens is 540 g/mol. The van der Waals surface area contributed by atoms with Gasteiger partial charge >= 0.3 is 17.9 Å². The maximum Gasteiger partial charge on any atom is 0.305 e. The molecule has 0 spiro atoms. The van der Waals surface area contributed by atoms with Crippen LogP contribution in [-0.4, -0.2) is 47.8 Å². The zero-order valence-electron chi connectivity index (χ0n) is 23.1. The third kappa shape index (κ3) is 4.89. The fourth-order valence-electron chi connectivity index (χ4n) is 9.18. The fraction of sp³-hybridized carbons (Fsp3) is 0.862. The Hall–Kier alpha value is -1.44. The van der Waals surface area contributed by atoms with Gasteiger partial charge in [0.2, 0.25) is 0 Å². The van der Waals surface area contributed by atoms with E-state index in [0.717, 1.165) is 25.7 Å². The predicted molar refractivity (Wildman–Crippen MR) is 141 cm³/mol. The maximum absolute atomic E-state index is 14.1. The Balaban J connectivity index is 1.67. The van der Waals surface area contributed by atoms with Gasteiger partial charge in [-0.25, -0.2) is 0 Å². The van der Waals surface area contributed by atoms with Gasteiger partial charge in [-0.2, -0.15) is 0 Å². The highest BCUT2D eigenvalue weighted by Crippen LogP contribution is 2.68. The molecule has 37 heavy (non-hydrogen) atoms. The van der Waals surface area contributed by atoms with Crippen molar-refractivity contribution in [3.05, 3.63) is 0 Å². The molecule has 0 radical (unpaired) electrons. The average Bonchev–Trinajstić information content (AvgIpc) is 3.19. The van der Waals surface area contributed by atoms with Gasteiger partial charge in [0.1, 0.15) is 18.0 Å². The van der Waals surface area contributed by atoms with Gasteiger partial charge in [0.25, 0.3) is 0 Å². The molecule has 4 rings (SSSR count). The Labute approximate surface area is 229 Å². The fourth-order valence-corrected chi connectivity index (χ4v) is 10.3. The molecule has 11 atom stereocenters. The van der Waals surface area contributed by atoms with Crippen LogP contribution >= 0.6 is 15.9 Å². The summed E-state index contributed by atoms with van der Waals surface area (Å²) < 4.78 is 16.6. The van der Waals surface area contributed by atoms with Crippen molar-refractivity contribution < 1.29 is 33.4 Å². The summed E-state index contributed by atoms with van der Waals surface area (Å²) in [5, 5.41) is 0. The molecule has 4 aliphatic rings. The molecule has 0 aromatic heterocycles. The Kier molecular flexibility index (Phi) is 8.19. The number of carbonyl (C=O) groups is 4. The van der Waals surface area contributed by atoms with Crippen LogP contribution in [0.1, 0.15) is 86.0 Å². The summed E-state index contributed by atoms with van der Waals surface area (Å²) in [6, 6.07) is 0. The molecule has 0 aromatic carbocycles. The predicted octanol–water partition coefficient (Wildman–Crippen LogP) is 5.26. The van der Waals surface area contributed by atoms with E-state index in [1.807, 2.05) is 0 Å². The number of Topliss-reactive ketones (excluding diaryl/α,β-unsaturated/α-hetero) is 1. The van der Waals surface area contributed by atoms with Crippen LogP contribution < -0.4 is 0 Å². The molecule has 0 N–H and O–H groups in total. The van der Waals surface area contributed by atoms with Gasteiger partial charge in [0.05, 0.1) is 11.9 Å². The lowest BCUT2D eigenvalue weighted by atomic mass is 9.43. The Morgan fingerprint density at radius 1 is 1.00 bits per heavy atom. The number of ether oxygens (including phenoxy) is 3. The van der Waals surface area contributed by atoms with Gasteiger partial charge in [0.15, 0.2) is 0 Å². The molecule has 0 heterocycles. The second-order valence-corrected chi connectivity index (χ2v) is 13.6. The first-order valence-corrected chi connectivity index (χ1v) is 14.8. The highest BCUT2D eigenvalue weighted by molar-refractivity contribution is 9.10. The van der Waals surface area contributed by atoms with Crippen LogP contribution in [-0.2, 0) is 33.4 Å². The number of ketones is 1. The van der Waals surface area contributed by atoms with Crippen molar-refractivity contribution in [2.45, 2.75) is 103 Å². The number of carbonyl (C=O) groups excluding carboxylic acids is 4. The Morgan fingerprint density at radius 3 is 2.30 bits per heavy atom. The summed E-state index contributed by atoms with van der Waals surface area (Å²) in [6.45, 7) is 9.64. The monoisotopic (exact) mass is 582 g/mol. The summed E-state index contributed by atoms with van der Waals surface area (Å²) in [4.78, 5) is 49.7. The van der Waals surface area contributed by atoms with Crippen LogP contribution in [0.3, 0.4) is 0 Å². The molecule has 4 fully saturated rings. The van der Waals surface area contributed by atoms with E-state index >= 15 is 0 Å². The summed E-state index contributed by atoms with van der Waals surface area (Å²) in [5.41, 5.74) is -0.444. The lowest BCUT2D eigenvalue weighted by molar-refractivity contribution is -0.196. The second kappa shape index (κ2) is 10.6. The molecule has 0 saturated heterocycles. The van der Waals surface area contributed by atoms with Crippen LogP contribution in [0.2, 0.25) is 0 Å². The van der Waals surface area contributed by atoms with Gasteiger partial charge < -0.3 is 14.2 Å². The first kappa shape index (κ1) is 28.6. The van der Waals surface area contributed by atoms with E-state index < -0.39 is 0 Å². The summed E-state index contributed by atoms with van der Waals surface area (Å²) >= 11 is 3.82. The summed E-state index contributed by atoms with van der Waals surface area (Å²) in [5.74, 6) is 0.197. The molecule has 8 heteroatoms. The number of halogens is 1. The number of hydrogen-bond donors (Lipinski definition) is 0. The van der Waals surface area contributed by atoms with E-state index in [9.17, 15) is 19.2 Å². The normalized spacial score (nSPS) is 43.6. The average molecular weight is 584 g/mol. The number of rotatable bonds is 6. The van der Waals surface area contributed by atoms with Crippen molar-refractivity contribution in [1.29, 1.82) is 0 Å². The lowest BCUT2D eigenvalue weighted by Gasteiger charge is -2.63. The van der Waals surface area contributed by atoms with Crippen molar-refractivity contribution in [2.24, 2.45) is 46.3 Å². The highest BCUT2D eigenvalue weighted by atomic mass is 79.9. The Morgan fingerprint density at radius 2 is 1.68 bits per heavy atom. The SMILES string of the molecule is COC(=O)CC[C@@H](C)[C@H]1CC[C@H]2[C@@H]3C(=O)[C@H](Br)[C@@H]4C[C@H](OC(C)=O)CC[C@]4(C)[C@H]3C[C@H](OC(C)=O)[C@]12C. The van der Waals surface area contributed by atoms with Gasteiger partial charge in [-0.3, -0.25) is 19.2 Å².